The monoisotopic (exact) mass is 558 g/mol. The van der Waals surface area contributed by atoms with Gasteiger partial charge in [-0.25, -0.2) is 0 Å². The van der Waals surface area contributed by atoms with Gasteiger partial charge in [0.25, 0.3) is 0 Å². The van der Waals surface area contributed by atoms with Crippen LogP contribution in [0.1, 0.15) is 32.6 Å². The second-order valence-corrected chi connectivity index (χ2v) is 8.42. The zero-order chi connectivity index (χ0) is 22.1. The third-order valence-corrected chi connectivity index (χ3v) is 6.27. The number of rotatable bonds is 8. The number of benzene rings is 1. The van der Waals surface area contributed by atoms with Gasteiger partial charge in [-0.15, -0.1) is 24.0 Å². The van der Waals surface area contributed by atoms with E-state index in [1.807, 2.05) is 18.2 Å². The molecule has 4 N–H and O–H groups in total. The summed E-state index contributed by atoms with van der Waals surface area (Å²) in [5.41, 5.74) is 6.32. The summed E-state index contributed by atoms with van der Waals surface area (Å²) in [5, 5.41) is 13.5. The highest BCUT2D eigenvalue weighted by Gasteiger charge is 2.23. The molecule has 2 fully saturated rings. The number of para-hydroxylation sites is 2. The summed E-state index contributed by atoms with van der Waals surface area (Å²) < 4.78 is 0. The third-order valence-electron chi connectivity index (χ3n) is 6.27. The van der Waals surface area contributed by atoms with E-state index in [4.69, 9.17) is 10.7 Å². The van der Waals surface area contributed by atoms with Crippen molar-refractivity contribution in [2.75, 3.05) is 63.8 Å². The van der Waals surface area contributed by atoms with Crippen LogP contribution in [-0.2, 0) is 4.79 Å². The number of carbonyl (C=O) groups is 1. The fourth-order valence-electron chi connectivity index (χ4n) is 4.39. The average Bonchev–Trinajstić information content (AvgIpc) is 2.79. The van der Waals surface area contributed by atoms with E-state index in [9.17, 15) is 9.90 Å². The van der Waals surface area contributed by atoms with Crippen LogP contribution in [-0.4, -0.2) is 85.7 Å². The van der Waals surface area contributed by atoms with E-state index in [-0.39, 0.29) is 35.8 Å². The molecule has 32 heavy (non-hydrogen) atoms. The van der Waals surface area contributed by atoms with E-state index < -0.39 is 0 Å². The first-order chi connectivity index (χ1) is 15.1. The number of nitrogens with one attached hydrogen (secondary N) is 1. The number of amides is 1. The van der Waals surface area contributed by atoms with E-state index in [0.717, 1.165) is 96.2 Å². The van der Waals surface area contributed by atoms with Gasteiger partial charge in [0.15, 0.2) is 5.96 Å². The number of phenols is 1. The molecule has 9 heteroatoms. The molecule has 0 atom stereocenters. The van der Waals surface area contributed by atoms with Crippen LogP contribution in [0.25, 0.3) is 0 Å². The van der Waals surface area contributed by atoms with Gasteiger partial charge in [-0.1, -0.05) is 12.1 Å². The molecule has 0 unspecified atom stereocenters. The van der Waals surface area contributed by atoms with Gasteiger partial charge in [-0.05, 0) is 64.4 Å². The Labute approximate surface area is 209 Å². The van der Waals surface area contributed by atoms with E-state index in [1.165, 1.54) is 0 Å². The van der Waals surface area contributed by atoms with Crippen molar-refractivity contribution in [1.82, 2.24) is 15.1 Å². The highest BCUT2D eigenvalue weighted by Crippen LogP contribution is 2.27. The number of carbonyl (C=O) groups excluding carboxylic acids is 1. The highest BCUT2D eigenvalue weighted by atomic mass is 127. The molecule has 2 saturated heterocycles. The number of nitrogens with zero attached hydrogens (tertiary/aromatic N) is 4. The summed E-state index contributed by atoms with van der Waals surface area (Å²) in [6.07, 6.45) is 3.96. The number of hydrogen-bond donors (Lipinski definition) is 3. The van der Waals surface area contributed by atoms with Gasteiger partial charge >= 0.3 is 0 Å². The molecule has 0 aromatic heterocycles. The minimum atomic E-state index is -0.147. The van der Waals surface area contributed by atoms with Gasteiger partial charge in [-0.3, -0.25) is 9.79 Å². The van der Waals surface area contributed by atoms with Crippen LogP contribution >= 0.6 is 24.0 Å². The van der Waals surface area contributed by atoms with Gasteiger partial charge < -0.3 is 30.9 Å². The lowest BCUT2D eigenvalue weighted by atomic mass is 9.96. The lowest BCUT2D eigenvalue weighted by Gasteiger charge is -2.37. The van der Waals surface area contributed by atoms with Crippen LogP contribution < -0.4 is 16.0 Å². The highest BCUT2D eigenvalue weighted by molar-refractivity contribution is 14.0. The van der Waals surface area contributed by atoms with Crippen molar-refractivity contribution in [3.63, 3.8) is 0 Å². The Bertz CT molecular complexity index is 731. The molecule has 180 valence electrons. The second-order valence-electron chi connectivity index (χ2n) is 8.42. The number of aromatic hydroxyl groups is 1. The van der Waals surface area contributed by atoms with Crippen molar-refractivity contribution in [1.29, 1.82) is 0 Å². The van der Waals surface area contributed by atoms with Gasteiger partial charge in [0.05, 0.1) is 5.69 Å². The van der Waals surface area contributed by atoms with E-state index in [2.05, 4.69) is 26.9 Å². The number of piperazine rings is 1. The van der Waals surface area contributed by atoms with E-state index >= 15 is 0 Å². The maximum absolute atomic E-state index is 11.3. The van der Waals surface area contributed by atoms with Crippen molar-refractivity contribution in [3.8, 4) is 5.75 Å². The Balaban J connectivity index is 0.00000363. The molecule has 1 aromatic rings. The predicted molar refractivity (Wildman–Crippen MR) is 141 cm³/mol. The lowest BCUT2D eigenvalue weighted by Crippen LogP contribution is -2.52. The van der Waals surface area contributed by atoms with Crippen molar-refractivity contribution < 1.29 is 9.90 Å². The normalized spacial score (nSPS) is 18.3. The number of aliphatic imine (C=N–C) groups is 1. The summed E-state index contributed by atoms with van der Waals surface area (Å²) in [7, 11) is 0. The Morgan fingerprint density at radius 3 is 2.44 bits per heavy atom. The summed E-state index contributed by atoms with van der Waals surface area (Å²) in [6.45, 7) is 10.3. The molecule has 0 radical (unpaired) electrons. The van der Waals surface area contributed by atoms with Crippen LogP contribution in [0.15, 0.2) is 29.3 Å². The summed E-state index contributed by atoms with van der Waals surface area (Å²) >= 11 is 0. The van der Waals surface area contributed by atoms with Crippen molar-refractivity contribution in [2.45, 2.75) is 32.6 Å². The number of primary amides is 1. The Morgan fingerprint density at radius 2 is 1.81 bits per heavy atom. The third kappa shape index (κ3) is 7.68. The van der Waals surface area contributed by atoms with Gasteiger partial charge in [0.1, 0.15) is 5.75 Å². The predicted octanol–water partition coefficient (Wildman–Crippen LogP) is 2.08. The van der Waals surface area contributed by atoms with E-state index in [1.54, 1.807) is 6.07 Å². The number of unbranched alkanes of at least 4 members (excludes halogenated alkanes) is 1. The fraction of sp³-hybridized carbons (Fsp3) is 0.652. The zero-order valence-electron chi connectivity index (χ0n) is 19.2. The molecule has 8 nitrogen and oxygen atoms in total. The second kappa shape index (κ2) is 13.7. The topological polar surface area (TPSA) is 97.4 Å². The van der Waals surface area contributed by atoms with Crippen molar-refractivity contribution in [2.24, 2.45) is 16.6 Å². The molecule has 0 aliphatic carbocycles. The Kier molecular flexibility index (Phi) is 11.4. The maximum Gasteiger partial charge on any atom is 0.220 e. The zero-order valence-corrected chi connectivity index (χ0v) is 21.5. The SMILES string of the molecule is CCNC(=NCCCCN1CCC(C(N)=O)CC1)N1CCN(c2ccccc2O)CC1.I. The number of nitrogens with two attached hydrogens (primary N) is 1. The molecule has 2 aliphatic heterocycles. The van der Waals surface area contributed by atoms with Crippen LogP contribution in [0, 0.1) is 5.92 Å². The maximum atomic E-state index is 11.3. The van der Waals surface area contributed by atoms with Crippen molar-refractivity contribution in [3.05, 3.63) is 24.3 Å². The van der Waals surface area contributed by atoms with Gasteiger partial charge in [-0.2, -0.15) is 0 Å². The summed E-state index contributed by atoms with van der Waals surface area (Å²) in [5.74, 6) is 1.25. The van der Waals surface area contributed by atoms with Crippen LogP contribution in [0.2, 0.25) is 0 Å². The number of phenolic OH excluding ortho intramolecular Hbond substituents is 1. The molecule has 1 amide bonds. The minimum absolute atomic E-state index is 0. The molecular weight excluding hydrogens is 519 g/mol. The molecule has 0 saturated carbocycles. The number of piperidine rings is 1. The van der Waals surface area contributed by atoms with Crippen molar-refractivity contribution >= 4 is 41.5 Å². The first-order valence-corrected chi connectivity index (χ1v) is 11.7. The molecule has 1 aromatic carbocycles. The van der Waals surface area contributed by atoms with Crippen LogP contribution in [0.4, 0.5) is 5.69 Å². The Morgan fingerprint density at radius 1 is 1.12 bits per heavy atom. The number of anilines is 1. The largest absolute Gasteiger partial charge is 0.506 e. The number of likely N-dealkylation sites (tertiary alicyclic amines) is 1. The van der Waals surface area contributed by atoms with Crippen LogP contribution in [0.5, 0.6) is 5.75 Å². The molecule has 0 spiro atoms. The van der Waals surface area contributed by atoms with Gasteiger partial charge in [0.2, 0.25) is 5.91 Å². The fourth-order valence-corrected chi connectivity index (χ4v) is 4.39. The smallest absolute Gasteiger partial charge is 0.220 e. The molecular formula is C23H39IN6O2. The minimum Gasteiger partial charge on any atom is -0.506 e. The standard InChI is InChI=1S/C23H38N6O2.HI/c1-2-25-23(26-11-5-6-12-27-13-9-19(10-14-27)22(24)31)29-17-15-28(16-18-29)20-7-3-4-8-21(20)30;/h3-4,7-8,19,30H,2,5-6,9-18H2,1H3,(H2,24,31)(H,25,26);1H. The molecule has 2 aliphatic rings. The summed E-state index contributed by atoms with van der Waals surface area (Å²) in [4.78, 5) is 23.1. The number of guanidine groups is 1. The number of hydrogen-bond acceptors (Lipinski definition) is 5. The molecule has 2 heterocycles. The quantitative estimate of drug-likeness (QED) is 0.196. The lowest BCUT2D eigenvalue weighted by molar-refractivity contribution is -0.123. The first kappa shape index (κ1) is 26.5. The van der Waals surface area contributed by atoms with Crippen LogP contribution in [0.3, 0.4) is 0 Å². The first-order valence-electron chi connectivity index (χ1n) is 11.7. The number of halogens is 1. The van der Waals surface area contributed by atoms with Gasteiger partial charge in [0, 0.05) is 45.2 Å². The average molecular weight is 559 g/mol. The molecule has 0 bridgehead atoms. The van der Waals surface area contributed by atoms with E-state index in [0.29, 0.717) is 5.75 Å². The molecule has 3 rings (SSSR count). The summed E-state index contributed by atoms with van der Waals surface area (Å²) in [6, 6.07) is 7.54. The Hall–Kier alpha value is -1.75.